The predicted molar refractivity (Wildman–Crippen MR) is 93.1 cm³/mol. The van der Waals surface area contributed by atoms with Gasteiger partial charge in [-0.15, -0.1) is 0 Å². The van der Waals surface area contributed by atoms with Crippen LogP contribution in [0.3, 0.4) is 0 Å². The fourth-order valence-electron chi connectivity index (χ4n) is 3.70. The number of hydrogen-bond acceptors (Lipinski definition) is 4. The highest BCUT2D eigenvalue weighted by Gasteiger charge is 2.30. The molecule has 3 rings (SSSR count). The van der Waals surface area contributed by atoms with Crippen molar-refractivity contribution in [2.24, 2.45) is 0 Å². The molecule has 1 unspecified atom stereocenters. The van der Waals surface area contributed by atoms with Crippen LogP contribution in [0.2, 0.25) is 0 Å². The quantitative estimate of drug-likeness (QED) is 0.850. The number of amides is 1. The van der Waals surface area contributed by atoms with Gasteiger partial charge in [-0.3, -0.25) is 4.90 Å². The van der Waals surface area contributed by atoms with Crippen molar-refractivity contribution in [1.82, 2.24) is 9.80 Å². The first-order valence-corrected chi connectivity index (χ1v) is 9.07. The normalized spacial score (nSPS) is 23.2. The molecular formula is C19H28N2O3. The summed E-state index contributed by atoms with van der Waals surface area (Å²) in [6, 6.07) is 11.1. The highest BCUT2D eigenvalue weighted by molar-refractivity contribution is 5.67. The van der Waals surface area contributed by atoms with E-state index in [-0.39, 0.29) is 12.2 Å². The summed E-state index contributed by atoms with van der Waals surface area (Å²) in [7, 11) is 0. The molecule has 2 heterocycles. The summed E-state index contributed by atoms with van der Waals surface area (Å²) in [6.07, 6.45) is 3.12. The highest BCUT2D eigenvalue weighted by atomic mass is 16.6. The SMILES string of the molecule is CCOC(=O)N1CCC(N2CCOC(Cc3ccccc3)C2)CC1. The topological polar surface area (TPSA) is 42.0 Å². The molecule has 0 bridgehead atoms. The number of carbonyl (C=O) groups excluding carboxylic acids is 1. The summed E-state index contributed by atoms with van der Waals surface area (Å²) in [5.74, 6) is 0. The lowest BCUT2D eigenvalue weighted by Crippen LogP contribution is -2.52. The average molecular weight is 332 g/mol. The first-order chi connectivity index (χ1) is 11.8. The van der Waals surface area contributed by atoms with Crippen molar-refractivity contribution < 1.29 is 14.3 Å². The van der Waals surface area contributed by atoms with E-state index in [1.54, 1.807) is 0 Å². The second-order valence-corrected chi connectivity index (χ2v) is 6.59. The highest BCUT2D eigenvalue weighted by Crippen LogP contribution is 2.21. The van der Waals surface area contributed by atoms with Gasteiger partial charge >= 0.3 is 6.09 Å². The fourth-order valence-corrected chi connectivity index (χ4v) is 3.70. The zero-order valence-electron chi connectivity index (χ0n) is 14.5. The van der Waals surface area contributed by atoms with Crippen molar-refractivity contribution in [3.63, 3.8) is 0 Å². The Labute approximate surface area is 144 Å². The van der Waals surface area contributed by atoms with Gasteiger partial charge < -0.3 is 14.4 Å². The van der Waals surface area contributed by atoms with Crippen LogP contribution in [0.15, 0.2) is 30.3 Å². The molecule has 2 fully saturated rings. The Morgan fingerprint density at radius 2 is 1.96 bits per heavy atom. The van der Waals surface area contributed by atoms with Crippen molar-refractivity contribution in [2.75, 3.05) is 39.4 Å². The van der Waals surface area contributed by atoms with Gasteiger partial charge in [-0.05, 0) is 31.7 Å². The molecule has 0 radical (unpaired) electrons. The maximum atomic E-state index is 11.8. The third-order valence-electron chi connectivity index (χ3n) is 4.98. The molecule has 1 atom stereocenters. The molecule has 5 heteroatoms. The maximum absolute atomic E-state index is 11.8. The number of hydrogen-bond donors (Lipinski definition) is 0. The largest absolute Gasteiger partial charge is 0.450 e. The lowest BCUT2D eigenvalue weighted by molar-refractivity contribution is -0.0507. The van der Waals surface area contributed by atoms with Crippen LogP contribution in [0.5, 0.6) is 0 Å². The monoisotopic (exact) mass is 332 g/mol. The molecule has 24 heavy (non-hydrogen) atoms. The van der Waals surface area contributed by atoms with Crippen molar-refractivity contribution in [2.45, 2.75) is 38.3 Å². The zero-order chi connectivity index (χ0) is 16.8. The first-order valence-electron chi connectivity index (χ1n) is 9.07. The van der Waals surface area contributed by atoms with Crippen LogP contribution in [-0.4, -0.2) is 67.4 Å². The minimum Gasteiger partial charge on any atom is -0.450 e. The van der Waals surface area contributed by atoms with Crippen LogP contribution < -0.4 is 0 Å². The Hall–Kier alpha value is -1.59. The minimum absolute atomic E-state index is 0.167. The van der Waals surface area contributed by atoms with E-state index >= 15 is 0 Å². The molecule has 1 aromatic carbocycles. The van der Waals surface area contributed by atoms with E-state index in [4.69, 9.17) is 9.47 Å². The molecule has 5 nitrogen and oxygen atoms in total. The van der Waals surface area contributed by atoms with E-state index in [0.29, 0.717) is 12.6 Å². The van der Waals surface area contributed by atoms with Crippen LogP contribution in [0.25, 0.3) is 0 Å². The Morgan fingerprint density at radius 3 is 2.67 bits per heavy atom. The van der Waals surface area contributed by atoms with Crippen LogP contribution in [0, 0.1) is 0 Å². The molecular weight excluding hydrogens is 304 g/mol. The van der Waals surface area contributed by atoms with Crippen molar-refractivity contribution in [3.05, 3.63) is 35.9 Å². The van der Waals surface area contributed by atoms with Gasteiger partial charge in [0, 0.05) is 32.2 Å². The third kappa shape index (κ3) is 4.48. The number of piperidine rings is 1. The van der Waals surface area contributed by atoms with Crippen molar-refractivity contribution in [1.29, 1.82) is 0 Å². The van der Waals surface area contributed by atoms with Gasteiger partial charge in [0.05, 0.1) is 19.3 Å². The summed E-state index contributed by atoms with van der Waals surface area (Å²) in [5, 5.41) is 0. The second kappa shape index (κ2) is 8.49. The van der Waals surface area contributed by atoms with Crippen LogP contribution in [-0.2, 0) is 15.9 Å². The van der Waals surface area contributed by atoms with Gasteiger partial charge in [-0.25, -0.2) is 4.79 Å². The summed E-state index contributed by atoms with van der Waals surface area (Å²) in [5.41, 5.74) is 1.33. The molecule has 2 aliphatic heterocycles. The smallest absolute Gasteiger partial charge is 0.409 e. The Kier molecular flexibility index (Phi) is 6.10. The van der Waals surface area contributed by atoms with E-state index < -0.39 is 0 Å². The summed E-state index contributed by atoms with van der Waals surface area (Å²) >= 11 is 0. The van der Waals surface area contributed by atoms with E-state index in [1.807, 2.05) is 11.8 Å². The lowest BCUT2D eigenvalue weighted by Gasteiger charge is -2.42. The third-order valence-corrected chi connectivity index (χ3v) is 4.98. The van der Waals surface area contributed by atoms with E-state index in [2.05, 4.69) is 35.2 Å². The zero-order valence-corrected chi connectivity index (χ0v) is 14.5. The summed E-state index contributed by atoms with van der Waals surface area (Å²) in [4.78, 5) is 16.2. The molecule has 1 aromatic rings. The van der Waals surface area contributed by atoms with Crippen molar-refractivity contribution >= 4 is 6.09 Å². The Morgan fingerprint density at radius 1 is 1.21 bits per heavy atom. The number of rotatable bonds is 4. The van der Waals surface area contributed by atoms with Gasteiger partial charge in [-0.2, -0.15) is 0 Å². The van der Waals surface area contributed by atoms with Gasteiger partial charge in [-0.1, -0.05) is 30.3 Å². The molecule has 0 saturated carbocycles. The number of carbonyl (C=O) groups is 1. The number of benzene rings is 1. The van der Waals surface area contributed by atoms with E-state index in [9.17, 15) is 4.79 Å². The summed E-state index contributed by atoms with van der Waals surface area (Å²) < 4.78 is 11.1. The van der Waals surface area contributed by atoms with Gasteiger partial charge in [0.2, 0.25) is 0 Å². The molecule has 2 aliphatic rings. The van der Waals surface area contributed by atoms with Gasteiger partial charge in [0.15, 0.2) is 0 Å². The van der Waals surface area contributed by atoms with Crippen LogP contribution in [0.4, 0.5) is 4.79 Å². The number of morpholine rings is 1. The average Bonchev–Trinajstić information content (AvgIpc) is 2.63. The number of ether oxygens (including phenoxy) is 2. The fraction of sp³-hybridized carbons (Fsp3) is 0.632. The molecule has 132 valence electrons. The first kappa shape index (κ1) is 17.2. The second-order valence-electron chi connectivity index (χ2n) is 6.59. The molecule has 0 aliphatic carbocycles. The molecule has 0 spiro atoms. The lowest BCUT2D eigenvalue weighted by atomic mass is 10.0. The number of likely N-dealkylation sites (tertiary alicyclic amines) is 1. The molecule has 2 saturated heterocycles. The van der Waals surface area contributed by atoms with Crippen LogP contribution in [0.1, 0.15) is 25.3 Å². The summed E-state index contributed by atoms with van der Waals surface area (Å²) in [6.45, 7) is 6.67. The van der Waals surface area contributed by atoms with Crippen molar-refractivity contribution in [3.8, 4) is 0 Å². The van der Waals surface area contributed by atoms with E-state index in [0.717, 1.165) is 52.0 Å². The minimum atomic E-state index is -0.167. The van der Waals surface area contributed by atoms with Gasteiger partial charge in [0.1, 0.15) is 0 Å². The van der Waals surface area contributed by atoms with Crippen LogP contribution >= 0.6 is 0 Å². The maximum Gasteiger partial charge on any atom is 0.409 e. The molecule has 0 N–H and O–H groups in total. The predicted octanol–water partition coefficient (Wildman–Crippen LogP) is 2.55. The molecule has 0 aromatic heterocycles. The Balaban J connectivity index is 1.48. The van der Waals surface area contributed by atoms with Gasteiger partial charge in [0.25, 0.3) is 0 Å². The molecule has 1 amide bonds. The number of nitrogens with zero attached hydrogens (tertiary/aromatic N) is 2. The Bertz CT molecular complexity index is 515. The standard InChI is InChI=1S/C19H28N2O3/c1-2-23-19(22)20-10-8-17(9-11-20)21-12-13-24-18(15-21)14-16-6-4-3-5-7-16/h3-7,17-18H,2,8-15H2,1H3. The van der Waals surface area contributed by atoms with E-state index in [1.165, 1.54) is 5.56 Å².